The van der Waals surface area contributed by atoms with Crippen LogP contribution in [0.3, 0.4) is 0 Å². The smallest absolute Gasteiger partial charge is 0.107 e. The molecule has 0 spiro atoms. The lowest BCUT2D eigenvalue weighted by Crippen LogP contribution is -2.21. The summed E-state index contributed by atoms with van der Waals surface area (Å²) in [5, 5.41) is 4.18. The van der Waals surface area contributed by atoms with Crippen molar-refractivity contribution >= 4 is 66.4 Å². The summed E-state index contributed by atoms with van der Waals surface area (Å²) < 4.78 is 2.57. The molecule has 1 aromatic heterocycles. The lowest BCUT2D eigenvalue weighted by molar-refractivity contribution is 0.639. The van der Waals surface area contributed by atoms with Crippen LogP contribution in [0.4, 0.5) is 0 Å². The molecular weight excluding hydrogens is 433 g/mol. The van der Waals surface area contributed by atoms with Crippen LogP contribution < -0.4 is 5.32 Å². The molecule has 2 rings (SSSR count). The molecule has 1 unspecified atom stereocenters. The van der Waals surface area contributed by atoms with Gasteiger partial charge in [-0.1, -0.05) is 42.3 Å². The molecule has 1 aromatic carbocycles. The Morgan fingerprint density at radius 2 is 2.00 bits per heavy atom. The van der Waals surface area contributed by atoms with Crippen molar-refractivity contribution in [3.63, 3.8) is 0 Å². The van der Waals surface area contributed by atoms with Crippen LogP contribution >= 0.6 is 66.4 Å². The minimum absolute atomic E-state index is 0.0452. The second-order valence-corrected chi connectivity index (χ2v) is 7.68. The molecule has 0 amide bonds. The Morgan fingerprint density at radius 3 is 2.58 bits per heavy atom. The van der Waals surface area contributed by atoms with Gasteiger partial charge in [0.05, 0.1) is 11.1 Å². The van der Waals surface area contributed by atoms with E-state index in [4.69, 9.17) is 23.2 Å². The van der Waals surface area contributed by atoms with Gasteiger partial charge in [0.2, 0.25) is 0 Å². The maximum absolute atomic E-state index is 6.39. The standard InChI is InChI=1S/C13H11Br2Cl2NS/c1-2-18-12(10-6-9(15)13(17)19-10)7-4-3-5-8(14)11(7)16/h3-6,12,18H,2H2,1H3. The zero-order chi connectivity index (χ0) is 14.0. The Bertz CT molecular complexity index is 567. The third kappa shape index (κ3) is 3.55. The third-order valence-corrected chi connectivity index (χ3v) is 6.50. The molecule has 0 saturated carbocycles. The number of halogens is 4. The summed E-state index contributed by atoms with van der Waals surface area (Å²) in [6, 6.07) is 8.04. The van der Waals surface area contributed by atoms with Gasteiger partial charge in [-0.15, -0.1) is 11.3 Å². The molecular formula is C13H11Br2Cl2NS. The molecule has 1 nitrogen and oxygen atoms in total. The van der Waals surface area contributed by atoms with Crippen LogP contribution in [-0.2, 0) is 0 Å². The van der Waals surface area contributed by atoms with Crippen molar-refractivity contribution in [3.05, 3.63) is 53.0 Å². The fourth-order valence-electron chi connectivity index (χ4n) is 1.82. The number of nitrogens with one attached hydrogen (secondary N) is 1. The molecule has 0 fully saturated rings. The Hall–Kier alpha value is 0.420. The van der Waals surface area contributed by atoms with E-state index in [1.54, 1.807) is 11.3 Å². The lowest BCUT2D eigenvalue weighted by Gasteiger charge is -2.18. The molecule has 6 heteroatoms. The normalized spacial score (nSPS) is 12.7. The van der Waals surface area contributed by atoms with Gasteiger partial charge >= 0.3 is 0 Å². The highest BCUT2D eigenvalue weighted by Gasteiger charge is 2.20. The van der Waals surface area contributed by atoms with E-state index in [9.17, 15) is 0 Å². The van der Waals surface area contributed by atoms with E-state index in [-0.39, 0.29) is 6.04 Å². The van der Waals surface area contributed by atoms with E-state index in [2.05, 4.69) is 44.1 Å². The summed E-state index contributed by atoms with van der Waals surface area (Å²) in [6.07, 6.45) is 0. The summed E-state index contributed by atoms with van der Waals surface area (Å²) in [6.45, 7) is 2.92. The summed E-state index contributed by atoms with van der Waals surface area (Å²) >= 11 is 21.0. The summed E-state index contributed by atoms with van der Waals surface area (Å²) in [5.41, 5.74) is 1.04. The van der Waals surface area contributed by atoms with Crippen LogP contribution in [0.5, 0.6) is 0 Å². The van der Waals surface area contributed by atoms with Crippen LogP contribution in [0.1, 0.15) is 23.4 Å². The summed E-state index contributed by atoms with van der Waals surface area (Å²) in [7, 11) is 0. The molecule has 0 aliphatic rings. The average Bonchev–Trinajstić information content (AvgIpc) is 2.70. The van der Waals surface area contributed by atoms with E-state index in [0.717, 1.165) is 35.3 Å². The minimum atomic E-state index is 0.0452. The monoisotopic (exact) mass is 441 g/mol. The van der Waals surface area contributed by atoms with Crippen molar-refractivity contribution in [2.24, 2.45) is 0 Å². The highest BCUT2D eigenvalue weighted by molar-refractivity contribution is 9.11. The Morgan fingerprint density at radius 1 is 1.26 bits per heavy atom. The fraction of sp³-hybridized carbons (Fsp3) is 0.231. The van der Waals surface area contributed by atoms with Gasteiger partial charge < -0.3 is 5.32 Å². The molecule has 1 N–H and O–H groups in total. The van der Waals surface area contributed by atoms with E-state index < -0.39 is 0 Å². The summed E-state index contributed by atoms with van der Waals surface area (Å²) in [4.78, 5) is 1.14. The first kappa shape index (κ1) is 15.8. The van der Waals surface area contributed by atoms with Crippen LogP contribution in [0, 0.1) is 0 Å². The molecule has 19 heavy (non-hydrogen) atoms. The van der Waals surface area contributed by atoms with Gasteiger partial charge in [-0.05, 0) is 56.1 Å². The van der Waals surface area contributed by atoms with Crippen molar-refractivity contribution in [3.8, 4) is 0 Å². The molecule has 102 valence electrons. The van der Waals surface area contributed by atoms with Crippen molar-refractivity contribution in [1.29, 1.82) is 0 Å². The molecule has 0 bridgehead atoms. The molecule has 0 aliphatic heterocycles. The lowest BCUT2D eigenvalue weighted by atomic mass is 10.1. The highest BCUT2D eigenvalue weighted by Crippen LogP contribution is 2.40. The number of hydrogen-bond acceptors (Lipinski definition) is 2. The molecule has 1 heterocycles. The first-order valence-electron chi connectivity index (χ1n) is 5.66. The Balaban J connectivity index is 2.48. The Labute approximate surface area is 143 Å². The van der Waals surface area contributed by atoms with Gasteiger partial charge in [-0.25, -0.2) is 0 Å². The highest BCUT2D eigenvalue weighted by atomic mass is 79.9. The summed E-state index contributed by atoms with van der Waals surface area (Å²) in [5.74, 6) is 0. The predicted molar refractivity (Wildman–Crippen MR) is 91.7 cm³/mol. The quantitative estimate of drug-likeness (QED) is 0.586. The van der Waals surface area contributed by atoms with Crippen molar-refractivity contribution in [2.75, 3.05) is 6.54 Å². The van der Waals surface area contributed by atoms with Crippen LogP contribution in [0.15, 0.2) is 33.2 Å². The number of thiophene rings is 1. The van der Waals surface area contributed by atoms with Gasteiger partial charge in [0.25, 0.3) is 0 Å². The molecule has 0 radical (unpaired) electrons. The van der Waals surface area contributed by atoms with E-state index in [1.165, 1.54) is 0 Å². The first-order valence-corrected chi connectivity index (χ1v) is 8.82. The van der Waals surface area contributed by atoms with Gasteiger partial charge in [-0.3, -0.25) is 0 Å². The van der Waals surface area contributed by atoms with Gasteiger partial charge in [0, 0.05) is 13.8 Å². The minimum Gasteiger partial charge on any atom is -0.306 e. The molecule has 0 saturated heterocycles. The molecule has 0 aliphatic carbocycles. The zero-order valence-corrected chi connectivity index (χ0v) is 15.5. The van der Waals surface area contributed by atoms with Gasteiger partial charge in [0.15, 0.2) is 0 Å². The van der Waals surface area contributed by atoms with Crippen molar-refractivity contribution in [2.45, 2.75) is 13.0 Å². The Kier molecular flexibility index (Phi) is 5.76. The van der Waals surface area contributed by atoms with Crippen LogP contribution in [-0.4, -0.2) is 6.54 Å². The average molecular weight is 444 g/mol. The molecule has 2 aromatic rings. The van der Waals surface area contributed by atoms with Crippen molar-refractivity contribution in [1.82, 2.24) is 5.32 Å². The first-order chi connectivity index (χ1) is 9.04. The van der Waals surface area contributed by atoms with E-state index >= 15 is 0 Å². The number of hydrogen-bond donors (Lipinski definition) is 1. The van der Waals surface area contributed by atoms with Crippen LogP contribution in [0.2, 0.25) is 9.36 Å². The maximum atomic E-state index is 6.39. The van der Waals surface area contributed by atoms with Gasteiger partial charge in [0.1, 0.15) is 4.34 Å². The number of rotatable bonds is 4. The fourth-order valence-corrected chi connectivity index (χ4v) is 4.26. The topological polar surface area (TPSA) is 12.0 Å². The largest absolute Gasteiger partial charge is 0.306 e. The van der Waals surface area contributed by atoms with E-state index in [0.29, 0.717) is 0 Å². The number of benzene rings is 1. The third-order valence-electron chi connectivity index (χ3n) is 2.65. The zero-order valence-electron chi connectivity index (χ0n) is 10.0. The maximum Gasteiger partial charge on any atom is 0.107 e. The SMILES string of the molecule is CCNC(c1cc(Br)c(Cl)s1)c1cccc(Br)c1Cl. The second kappa shape index (κ2) is 6.92. The van der Waals surface area contributed by atoms with Crippen molar-refractivity contribution < 1.29 is 0 Å². The predicted octanol–water partition coefficient (Wildman–Crippen LogP) is 6.28. The molecule has 1 atom stereocenters. The second-order valence-electron chi connectivity index (χ2n) is 3.90. The van der Waals surface area contributed by atoms with E-state index in [1.807, 2.05) is 24.3 Å². The van der Waals surface area contributed by atoms with Gasteiger partial charge in [-0.2, -0.15) is 0 Å². The van der Waals surface area contributed by atoms with Crippen LogP contribution in [0.25, 0.3) is 0 Å².